The van der Waals surface area contributed by atoms with Crippen LogP contribution < -0.4 is 0 Å². The molecule has 0 nitrogen and oxygen atoms in total. The second-order valence-electron chi connectivity index (χ2n) is 0. The van der Waals surface area contributed by atoms with E-state index in [1.807, 2.05) is 0 Å². The van der Waals surface area contributed by atoms with Crippen LogP contribution in [0.25, 0.3) is 0 Å². The Kier molecular flexibility index (Phi) is 308. The van der Waals surface area contributed by atoms with E-state index < -0.39 is 0 Å². The summed E-state index contributed by atoms with van der Waals surface area (Å²) in [6.45, 7) is 0. The molecule has 0 aliphatic carbocycles. The Morgan fingerprint density at radius 1 is 1.00 bits per heavy atom. The van der Waals surface area contributed by atoms with Crippen molar-refractivity contribution in [3.8, 4) is 0 Å². The average molecular weight is 653 g/mol. The summed E-state index contributed by atoms with van der Waals surface area (Å²) in [5.74, 6) is 0. The van der Waals surface area contributed by atoms with Crippen LogP contribution in [0.4, 0.5) is 0 Å². The Balaban J connectivity index is 0. The average Bonchev–Trinajstić information content (AvgIpc) is 0. The van der Waals surface area contributed by atoms with Crippen LogP contribution in [-0.4, -0.2) is 35.0 Å². The molecule has 0 unspecified atom stereocenters. The van der Waals surface area contributed by atoms with Crippen LogP contribution >= 0.6 is 0 Å². The van der Waals surface area contributed by atoms with Gasteiger partial charge in [0.15, 0.2) is 0 Å². The maximum atomic E-state index is 0. The third-order valence-corrected chi connectivity index (χ3v) is 0. The Hall–Kier alpha value is 5.83. The second-order valence-corrected chi connectivity index (χ2v) is 0. The molecule has 0 aromatic carbocycles. The molecule has 0 saturated heterocycles. The largest absolute Gasteiger partial charge is 0 e. The normalized spacial score (nSPS) is 0. The number of rotatable bonds is 0. The van der Waals surface area contributed by atoms with E-state index in [0.717, 1.165) is 0 Å². The van der Waals surface area contributed by atoms with Gasteiger partial charge >= 0.3 is 0 Å². The molecule has 0 aromatic rings. The van der Waals surface area contributed by atoms with Crippen LogP contribution in [0.3, 0.4) is 0 Å². The molecule has 8 radical (unpaired) electrons. The molecule has 28 valence electrons. The van der Waals surface area contributed by atoms with Crippen LogP contribution in [0.15, 0.2) is 0 Å². The number of hydrogen-bond donors (Lipinski definition) is 0. The van der Waals surface area contributed by atoms with Gasteiger partial charge in [-0.15, -0.1) is 0 Å². The summed E-state index contributed by atoms with van der Waals surface area (Å²) in [6.07, 6.45) is 0. The molecule has 0 aromatic heterocycles. The van der Waals surface area contributed by atoms with Crippen molar-refractivity contribution in [3.05, 3.63) is 0 Å². The zero-order valence-electron chi connectivity index (χ0n) is 3.59. The molecule has 0 rings (SSSR count). The van der Waals surface area contributed by atoms with E-state index in [0.29, 0.717) is 0 Å². The molecule has 7 heteroatoms. The van der Waals surface area contributed by atoms with Gasteiger partial charge in [0.1, 0.15) is 0 Å². The topological polar surface area (TPSA) is 0 Å². The second kappa shape index (κ2) is 40.8. The molecule has 0 fully saturated rings. The van der Waals surface area contributed by atoms with Crippen molar-refractivity contribution in [3.63, 3.8) is 0 Å². The monoisotopic (exact) mass is 656 g/mol. The van der Waals surface area contributed by atoms with E-state index in [1.165, 1.54) is 0 Å². The predicted octanol–water partition coefficient (Wildman–Crippen LogP) is -0.772. The fourth-order valence-electron chi connectivity index (χ4n) is 0. The van der Waals surface area contributed by atoms with E-state index in [1.54, 1.807) is 0 Å². The van der Waals surface area contributed by atoms with E-state index in [-0.39, 0.29) is 177 Å². The number of hydrogen-bond acceptors (Lipinski definition) is 0. The van der Waals surface area contributed by atoms with Crippen LogP contribution in [-0.2, 0) is 106 Å². The molecule has 0 N–H and O–H groups in total. The summed E-state index contributed by atoms with van der Waals surface area (Å²) in [6, 6.07) is 0. The molecule has 0 heterocycles. The minimum atomic E-state index is 0. The van der Waals surface area contributed by atoms with Gasteiger partial charge in [-0.05, 0) is 0 Å². The van der Waals surface area contributed by atoms with Gasteiger partial charge in [-0.1, -0.05) is 0 Å². The third-order valence-electron chi connectivity index (χ3n) is 0. The first-order valence-corrected chi connectivity index (χ1v) is 0. The van der Waals surface area contributed by atoms with Gasteiger partial charge in [0.2, 0.25) is 0 Å². The first kappa shape index (κ1) is 52.8. The van der Waals surface area contributed by atoms with Crippen molar-refractivity contribution in [2.24, 2.45) is 0 Å². The van der Waals surface area contributed by atoms with Crippen molar-refractivity contribution in [1.29, 1.82) is 0 Å². The third kappa shape index (κ3) is 33.6. The first-order chi connectivity index (χ1) is 0. The van der Waals surface area contributed by atoms with Gasteiger partial charge in [0, 0.05) is 177 Å². The summed E-state index contributed by atoms with van der Waals surface area (Å²) in [5.41, 5.74) is 0. The van der Waals surface area contributed by atoms with Crippen LogP contribution in [0.1, 0.15) is 0 Å². The van der Waals surface area contributed by atoms with Crippen molar-refractivity contribution >= 4 is 35.0 Å². The summed E-state index contributed by atoms with van der Waals surface area (Å²) >= 11 is 0. The summed E-state index contributed by atoms with van der Waals surface area (Å²) in [7, 11) is 0. The van der Waals surface area contributed by atoms with Crippen molar-refractivity contribution in [2.75, 3.05) is 0 Å². The fourth-order valence-corrected chi connectivity index (χ4v) is 0. The maximum Gasteiger partial charge on any atom is 0 e. The SMILES string of the molecule is [As].[Hf].[La].[Sc].[Se].[Ti].[Y]. The Morgan fingerprint density at radius 2 is 1.00 bits per heavy atom. The smallest absolute Gasteiger partial charge is 0 e. The standard InChI is InChI=1S/As.Hf.La.Sc.Se.Ti.Y. The minimum Gasteiger partial charge on any atom is 0 e. The van der Waals surface area contributed by atoms with Crippen LogP contribution in [0.5, 0.6) is 0 Å². The van der Waals surface area contributed by atoms with E-state index >= 15 is 0 Å². The Labute approximate surface area is 172 Å². The quantitative estimate of drug-likeness (QED) is 0.302. The summed E-state index contributed by atoms with van der Waals surface area (Å²) < 4.78 is 0. The van der Waals surface area contributed by atoms with Gasteiger partial charge in [-0.25, -0.2) is 0 Å². The van der Waals surface area contributed by atoms with Gasteiger partial charge in [0.05, 0.1) is 0 Å². The van der Waals surface area contributed by atoms with E-state index in [9.17, 15) is 0 Å². The summed E-state index contributed by atoms with van der Waals surface area (Å²) in [5, 5.41) is 0. The minimum absolute atomic E-state index is 0. The molecule has 7 heavy (non-hydrogen) atoms. The molecular weight excluding hydrogens is 653 g/mol. The van der Waals surface area contributed by atoms with Crippen molar-refractivity contribution in [1.82, 2.24) is 0 Å². The van der Waals surface area contributed by atoms with Crippen molar-refractivity contribution in [2.45, 2.75) is 0 Å². The van der Waals surface area contributed by atoms with Gasteiger partial charge in [0.25, 0.3) is 0 Å². The molecule has 0 aliphatic heterocycles. The Bertz CT molecular complexity index is 19.7. The van der Waals surface area contributed by atoms with Gasteiger partial charge in [-0.3, -0.25) is 0 Å². The maximum absolute atomic E-state index is 0. The first-order valence-electron chi connectivity index (χ1n) is 0. The van der Waals surface area contributed by atoms with Gasteiger partial charge < -0.3 is 0 Å². The van der Waals surface area contributed by atoms with E-state index in [2.05, 4.69) is 0 Å². The summed E-state index contributed by atoms with van der Waals surface area (Å²) in [4.78, 5) is 0. The molecule has 0 bridgehead atoms. The molecule has 0 saturated carbocycles. The van der Waals surface area contributed by atoms with Crippen LogP contribution in [0.2, 0.25) is 0 Å². The fraction of sp³-hybridized carbons (Fsp3) is 0. The van der Waals surface area contributed by atoms with Crippen molar-refractivity contribution < 1.29 is 142 Å². The van der Waals surface area contributed by atoms with Crippen LogP contribution in [0, 0.1) is 35.6 Å². The zero-order chi connectivity index (χ0) is 0. The molecule has 0 atom stereocenters. The Morgan fingerprint density at radius 3 is 1.00 bits per heavy atom. The van der Waals surface area contributed by atoms with Gasteiger partial charge in [-0.2, -0.15) is 0 Å². The predicted molar refractivity (Wildman–Crippen MR) is 11.5 cm³/mol. The molecule has 0 spiro atoms. The molecule has 0 aliphatic rings. The van der Waals surface area contributed by atoms with E-state index in [4.69, 9.17) is 0 Å². The zero-order valence-corrected chi connectivity index (χ0v) is 20.6. The molecular formula is AsHfLaScSeTiY. The molecule has 0 amide bonds.